The summed E-state index contributed by atoms with van der Waals surface area (Å²) in [6.45, 7) is 8.15. The van der Waals surface area contributed by atoms with Gasteiger partial charge in [-0.3, -0.25) is 4.90 Å². The van der Waals surface area contributed by atoms with Gasteiger partial charge in [-0.2, -0.15) is 0 Å². The van der Waals surface area contributed by atoms with Crippen molar-refractivity contribution in [1.29, 1.82) is 0 Å². The van der Waals surface area contributed by atoms with Crippen molar-refractivity contribution in [3.63, 3.8) is 0 Å². The Bertz CT molecular complexity index is 694. The molecule has 5 nitrogen and oxygen atoms in total. The Morgan fingerprint density at radius 3 is 2.68 bits per heavy atom. The third-order valence-electron chi connectivity index (χ3n) is 4.64. The minimum absolute atomic E-state index is 0.702. The Morgan fingerprint density at radius 2 is 1.96 bits per heavy atom. The standard InChI is InChI=1S/C21H31N5S2/c1-2-22-20(23-10-5-14-27-21-24-11-15-28-21)25-16-18-6-8-19(9-7-18)17-26-12-3-4-13-26/h6-9,11,15H,2-5,10,12-14,16-17H2,1H3,(H2,22,23,25). The molecule has 2 N–H and O–H groups in total. The zero-order chi connectivity index (χ0) is 19.4. The van der Waals surface area contributed by atoms with Crippen LogP contribution in [-0.4, -0.2) is 47.8 Å². The number of likely N-dealkylation sites (tertiary alicyclic amines) is 1. The normalized spacial score (nSPS) is 15.1. The predicted octanol–water partition coefficient (Wildman–Crippen LogP) is 3.98. The number of aromatic nitrogens is 1. The van der Waals surface area contributed by atoms with E-state index in [0.717, 1.165) is 42.1 Å². The van der Waals surface area contributed by atoms with Gasteiger partial charge in [0.25, 0.3) is 0 Å². The molecule has 1 fully saturated rings. The van der Waals surface area contributed by atoms with Gasteiger partial charge in [0, 0.05) is 37.0 Å². The molecule has 0 aliphatic carbocycles. The molecule has 2 aromatic rings. The van der Waals surface area contributed by atoms with Gasteiger partial charge in [0.05, 0.1) is 6.54 Å². The third kappa shape index (κ3) is 7.45. The highest BCUT2D eigenvalue weighted by atomic mass is 32.2. The number of nitrogens with zero attached hydrogens (tertiary/aromatic N) is 3. The number of nitrogens with one attached hydrogen (secondary N) is 2. The Morgan fingerprint density at radius 1 is 1.18 bits per heavy atom. The van der Waals surface area contributed by atoms with Crippen LogP contribution in [-0.2, 0) is 13.1 Å². The van der Waals surface area contributed by atoms with Crippen LogP contribution >= 0.6 is 23.1 Å². The zero-order valence-corrected chi connectivity index (χ0v) is 18.3. The highest BCUT2D eigenvalue weighted by Gasteiger charge is 2.11. The summed E-state index contributed by atoms with van der Waals surface area (Å²) < 4.78 is 1.15. The third-order valence-corrected chi connectivity index (χ3v) is 6.69. The monoisotopic (exact) mass is 417 g/mol. The van der Waals surface area contributed by atoms with Crippen molar-refractivity contribution in [3.8, 4) is 0 Å². The van der Waals surface area contributed by atoms with E-state index >= 15 is 0 Å². The lowest BCUT2D eigenvalue weighted by molar-refractivity contribution is 0.331. The molecule has 1 aromatic carbocycles. The van der Waals surface area contributed by atoms with Gasteiger partial charge >= 0.3 is 0 Å². The first-order valence-corrected chi connectivity index (χ1v) is 12.0. The first-order valence-electron chi connectivity index (χ1n) is 10.2. The van der Waals surface area contributed by atoms with Gasteiger partial charge in [0.1, 0.15) is 4.34 Å². The fourth-order valence-electron chi connectivity index (χ4n) is 3.18. The maximum atomic E-state index is 4.73. The van der Waals surface area contributed by atoms with Gasteiger partial charge in [-0.15, -0.1) is 11.3 Å². The average Bonchev–Trinajstić information content (AvgIpc) is 3.41. The number of hydrogen-bond acceptors (Lipinski definition) is 5. The summed E-state index contributed by atoms with van der Waals surface area (Å²) in [6, 6.07) is 8.92. The largest absolute Gasteiger partial charge is 0.357 e. The van der Waals surface area contributed by atoms with Crippen LogP contribution in [0.2, 0.25) is 0 Å². The second kappa shape index (κ2) is 12.1. The minimum Gasteiger partial charge on any atom is -0.357 e. The van der Waals surface area contributed by atoms with Crippen molar-refractivity contribution in [2.75, 3.05) is 31.9 Å². The van der Waals surface area contributed by atoms with Gasteiger partial charge in [-0.25, -0.2) is 9.98 Å². The van der Waals surface area contributed by atoms with Crippen molar-refractivity contribution in [2.24, 2.45) is 4.99 Å². The van der Waals surface area contributed by atoms with Gasteiger partial charge in [-0.05, 0) is 50.4 Å². The van der Waals surface area contributed by atoms with Crippen molar-refractivity contribution in [3.05, 3.63) is 47.0 Å². The van der Waals surface area contributed by atoms with E-state index in [1.807, 2.05) is 23.3 Å². The molecule has 1 aromatic heterocycles. The number of rotatable bonds is 10. The molecule has 1 saturated heterocycles. The topological polar surface area (TPSA) is 52.6 Å². The number of benzene rings is 1. The van der Waals surface area contributed by atoms with E-state index in [1.165, 1.54) is 37.1 Å². The lowest BCUT2D eigenvalue weighted by Crippen LogP contribution is -2.37. The van der Waals surface area contributed by atoms with E-state index in [1.54, 1.807) is 11.3 Å². The van der Waals surface area contributed by atoms with Crippen LogP contribution in [0.5, 0.6) is 0 Å². The van der Waals surface area contributed by atoms with Crippen LogP contribution in [0.1, 0.15) is 37.3 Å². The van der Waals surface area contributed by atoms with Crippen molar-refractivity contribution in [2.45, 2.75) is 43.6 Å². The minimum atomic E-state index is 0.702. The lowest BCUT2D eigenvalue weighted by Gasteiger charge is -2.14. The van der Waals surface area contributed by atoms with Crippen LogP contribution in [0.4, 0.5) is 0 Å². The van der Waals surface area contributed by atoms with Crippen molar-refractivity contribution in [1.82, 2.24) is 20.5 Å². The second-order valence-electron chi connectivity index (χ2n) is 6.92. The van der Waals surface area contributed by atoms with Gasteiger partial charge in [0.2, 0.25) is 0 Å². The van der Waals surface area contributed by atoms with Crippen molar-refractivity contribution < 1.29 is 0 Å². The lowest BCUT2D eigenvalue weighted by atomic mass is 10.1. The average molecular weight is 418 g/mol. The summed E-state index contributed by atoms with van der Waals surface area (Å²) in [5.74, 6) is 1.96. The van der Waals surface area contributed by atoms with E-state index < -0.39 is 0 Å². The number of guanidine groups is 1. The molecule has 0 amide bonds. The Labute approximate surface area is 177 Å². The Hall–Kier alpha value is -1.57. The van der Waals surface area contributed by atoms with E-state index in [4.69, 9.17) is 4.99 Å². The van der Waals surface area contributed by atoms with Gasteiger partial charge in [-0.1, -0.05) is 36.0 Å². The summed E-state index contributed by atoms with van der Waals surface area (Å²) in [5, 5.41) is 8.79. The maximum Gasteiger partial charge on any atom is 0.191 e. The molecule has 0 saturated carbocycles. The summed E-state index contributed by atoms with van der Waals surface area (Å²) >= 11 is 3.52. The highest BCUT2D eigenvalue weighted by molar-refractivity contribution is 8.00. The molecular formula is C21H31N5S2. The molecule has 1 aliphatic heterocycles. The molecule has 0 atom stereocenters. The van der Waals surface area contributed by atoms with Crippen LogP contribution in [0.15, 0.2) is 45.2 Å². The first-order chi connectivity index (χ1) is 13.8. The molecule has 1 aliphatic rings. The SMILES string of the molecule is CCNC(=NCc1ccc(CN2CCCC2)cc1)NCCCSc1nccs1. The quantitative estimate of drug-likeness (QED) is 0.265. The molecular weight excluding hydrogens is 386 g/mol. The van der Waals surface area contributed by atoms with E-state index in [-0.39, 0.29) is 0 Å². The number of hydrogen-bond donors (Lipinski definition) is 2. The molecule has 0 radical (unpaired) electrons. The fourth-order valence-corrected chi connectivity index (χ4v) is 4.83. The Balaban J connectivity index is 1.39. The summed E-state index contributed by atoms with van der Waals surface area (Å²) in [5.41, 5.74) is 2.65. The van der Waals surface area contributed by atoms with Crippen LogP contribution in [0.25, 0.3) is 0 Å². The Kier molecular flexibility index (Phi) is 9.13. The summed E-state index contributed by atoms with van der Waals surface area (Å²) in [7, 11) is 0. The fraction of sp³-hybridized carbons (Fsp3) is 0.524. The molecule has 2 heterocycles. The second-order valence-corrected chi connectivity index (χ2v) is 9.16. The number of aliphatic imine (C=N–C) groups is 1. The molecule has 7 heteroatoms. The molecule has 0 bridgehead atoms. The smallest absolute Gasteiger partial charge is 0.191 e. The zero-order valence-electron chi connectivity index (χ0n) is 16.7. The predicted molar refractivity (Wildman–Crippen MR) is 121 cm³/mol. The highest BCUT2D eigenvalue weighted by Crippen LogP contribution is 2.20. The van der Waals surface area contributed by atoms with E-state index in [0.29, 0.717) is 6.54 Å². The number of thiazole rings is 1. The van der Waals surface area contributed by atoms with Crippen LogP contribution in [0.3, 0.4) is 0 Å². The molecule has 28 heavy (non-hydrogen) atoms. The van der Waals surface area contributed by atoms with Crippen molar-refractivity contribution >= 4 is 29.1 Å². The summed E-state index contributed by atoms with van der Waals surface area (Å²) in [6.07, 6.45) is 5.63. The van der Waals surface area contributed by atoms with Gasteiger partial charge in [0.15, 0.2) is 5.96 Å². The molecule has 152 valence electrons. The molecule has 0 unspecified atom stereocenters. The number of thioether (sulfide) groups is 1. The van der Waals surface area contributed by atoms with E-state index in [9.17, 15) is 0 Å². The summed E-state index contributed by atoms with van der Waals surface area (Å²) in [4.78, 5) is 11.6. The van der Waals surface area contributed by atoms with Gasteiger partial charge < -0.3 is 10.6 Å². The molecule has 0 spiro atoms. The van der Waals surface area contributed by atoms with Crippen LogP contribution in [0, 0.1) is 0 Å². The maximum absolute atomic E-state index is 4.73. The van der Waals surface area contributed by atoms with E-state index in [2.05, 4.69) is 51.7 Å². The molecule has 3 rings (SSSR count). The van der Waals surface area contributed by atoms with Crippen LogP contribution < -0.4 is 10.6 Å². The first kappa shape index (κ1) is 21.1.